The van der Waals surface area contributed by atoms with E-state index in [9.17, 15) is 0 Å². The number of aryl methyl sites for hydroxylation is 1. The van der Waals surface area contributed by atoms with Gasteiger partial charge in [-0.3, -0.25) is 0 Å². The van der Waals surface area contributed by atoms with Crippen molar-refractivity contribution in [3.8, 4) is 11.3 Å². The van der Waals surface area contributed by atoms with E-state index >= 15 is 0 Å². The van der Waals surface area contributed by atoms with Crippen molar-refractivity contribution in [3.63, 3.8) is 0 Å². The Morgan fingerprint density at radius 2 is 2.05 bits per heavy atom. The summed E-state index contributed by atoms with van der Waals surface area (Å²) in [7, 11) is 0. The molecule has 3 heteroatoms. The Labute approximate surface area is 109 Å². The van der Waals surface area contributed by atoms with Gasteiger partial charge in [-0.15, -0.1) is 0 Å². The molecule has 1 N–H and O–H groups in total. The molecule has 0 aliphatic carbocycles. The highest BCUT2D eigenvalue weighted by Crippen LogP contribution is 2.33. The Balaban J connectivity index is 2.04. The first-order chi connectivity index (χ1) is 9.33. The number of rotatable bonds is 1. The van der Waals surface area contributed by atoms with Crippen LogP contribution in [0, 0.1) is 6.92 Å². The second-order valence-corrected chi connectivity index (χ2v) is 4.70. The van der Waals surface area contributed by atoms with Crippen LogP contribution in [-0.2, 0) is 0 Å². The third-order valence-electron chi connectivity index (χ3n) is 3.47. The van der Waals surface area contributed by atoms with Crippen LogP contribution >= 0.6 is 0 Å². The van der Waals surface area contributed by atoms with Gasteiger partial charge in [0, 0.05) is 28.7 Å². The number of aromatic nitrogens is 2. The minimum Gasteiger partial charge on any atom is -0.456 e. The number of pyridine rings is 1. The van der Waals surface area contributed by atoms with E-state index in [2.05, 4.69) is 29.0 Å². The van der Waals surface area contributed by atoms with E-state index in [0.29, 0.717) is 0 Å². The van der Waals surface area contributed by atoms with Crippen molar-refractivity contribution in [2.45, 2.75) is 6.92 Å². The van der Waals surface area contributed by atoms with E-state index in [0.717, 1.165) is 33.3 Å². The minimum absolute atomic E-state index is 0.878. The van der Waals surface area contributed by atoms with Gasteiger partial charge in [0.1, 0.15) is 17.0 Å². The van der Waals surface area contributed by atoms with Gasteiger partial charge in [-0.2, -0.15) is 0 Å². The molecule has 0 saturated carbocycles. The molecule has 0 fully saturated rings. The zero-order valence-electron chi connectivity index (χ0n) is 10.5. The molecule has 0 spiro atoms. The number of para-hydroxylation sites is 1. The van der Waals surface area contributed by atoms with E-state index in [-0.39, 0.29) is 0 Å². The Hall–Kier alpha value is -2.55. The summed E-state index contributed by atoms with van der Waals surface area (Å²) in [5.74, 6) is 0.878. The topological polar surface area (TPSA) is 41.8 Å². The predicted octanol–water partition coefficient (Wildman–Crippen LogP) is 4.28. The maximum absolute atomic E-state index is 5.93. The minimum atomic E-state index is 0.878. The van der Waals surface area contributed by atoms with Crippen molar-refractivity contribution in [3.05, 3.63) is 54.4 Å². The maximum Gasteiger partial charge on any atom is 0.138 e. The number of hydrogen-bond donors (Lipinski definition) is 1. The van der Waals surface area contributed by atoms with Gasteiger partial charge in [0.25, 0.3) is 0 Å². The predicted molar refractivity (Wildman–Crippen MR) is 76.0 cm³/mol. The SMILES string of the molecule is Cc1ccnc2[nH]cc(-c3cc4ccccc4o3)c12. The van der Waals surface area contributed by atoms with Gasteiger partial charge in [0.15, 0.2) is 0 Å². The quantitative estimate of drug-likeness (QED) is 0.546. The lowest BCUT2D eigenvalue weighted by molar-refractivity contribution is 0.632. The molecule has 0 bridgehead atoms. The van der Waals surface area contributed by atoms with Crippen LogP contribution in [0.5, 0.6) is 0 Å². The molecule has 0 unspecified atom stereocenters. The first-order valence-corrected chi connectivity index (χ1v) is 6.24. The highest BCUT2D eigenvalue weighted by atomic mass is 16.3. The van der Waals surface area contributed by atoms with Crippen molar-refractivity contribution in [1.29, 1.82) is 0 Å². The molecule has 4 aromatic rings. The van der Waals surface area contributed by atoms with Crippen LogP contribution in [-0.4, -0.2) is 9.97 Å². The number of fused-ring (bicyclic) bond motifs is 2. The molecule has 0 saturated heterocycles. The number of nitrogens with one attached hydrogen (secondary N) is 1. The molecule has 0 amide bonds. The van der Waals surface area contributed by atoms with Crippen LogP contribution < -0.4 is 0 Å². The van der Waals surface area contributed by atoms with Gasteiger partial charge in [-0.05, 0) is 30.7 Å². The third-order valence-corrected chi connectivity index (χ3v) is 3.47. The molecule has 0 aliphatic rings. The number of H-pyrrole nitrogens is 1. The normalized spacial score (nSPS) is 11.4. The van der Waals surface area contributed by atoms with E-state index < -0.39 is 0 Å². The summed E-state index contributed by atoms with van der Waals surface area (Å²) in [5, 5.41) is 2.25. The molecule has 3 nitrogen and oxygen atoms in total. The van der Waals surface area contributed by atoms with Crippen LogP contribution in [0.4, 0.5) is 0 Å². The molecular weight excluding hydrogens is 236 g/mol. The van der Waals surface area contributed by atoms with Crippen LogP contribution in [0.2, 0.25) is 0 Å². The number of nitrogens with zero attached hydrogens (tertiary/aromatic N) is 1. The van der Waals surface area contributed by atoms with Crippen LogP contribution in [0.1, 0.15) is 5.56 Å². The number of furan rings is 1. The van der Waals surface area contributed by atoms with Crippen LogP contribution in [0.25, 0.3) is 33.3 Å². The standard InChI is InChI=1S/C16H12N2O/c1-10-6-7-17-16-15(10)12(9-18-16)14-8-11-4-2-3-5-13(11)19-14/h2-9H,1H3,(H,17,18). The third kappa shape index (κ3) is 1.48. The first-order valence-electron chi connectivity index (χ1n) is 6.24. The zero-order chi connectivity index (χ0) is 12.8. The molecule has 1 aromatic carbocycles. The fourth-order valence-corrected chi connectivity index (χ4v) is 2.53. The zero-order valence-corrected chi connectivity index (χ0v) is 10.5. The van der Waals surface area contributed by atoms with Crippen molar-refractivity contribution in [1.82, 2.24) is 9.97 Å². The summed E-state index contributed by atoms with van der Waals surface area (Å²) in [5.41, 5.74) is 4.07. The number of hydrogen-bond acceptors (Lipinski definition) is 2. The van der Waals surface area contributed by atoms with Crippen LogP contribution in [0.3, 0.4) is 0 Å². The lowest BCUT2D eigenvalue weighted by Gasteiger charge is -1.97. The molecule has 3 aromatic heterocycles. The van der Waals surface area contributed by atoms with E-state index in [1.807, 2.05) is 36.7 Å². The van der Waals surface area contributed by atoms with Gasteiger partial charge in [-0.25, -0.2) is 4.98 Å². The summed E-state index contributed by atoms with van der Waals surface area (Å²) in [6.07, 6.45) is 3.78. The maximum atomic E-state index is 5.93. The van der Waals surface area contributed by atoms with Gasteiger partial charge in [0.2, 0.25) is 0 Å². The Morgan fingerprint density at radius 1 is 1.16 bits per heavy atom. The fourth-order valence-electron chi connectivity index (χ4n) is 2.53. The smallest absolute Gasteiger partial charge is 0.138 e. The highest BCUT2D eigenvalue weighted by molar-refractivity contribution is 5.96. The average Bonchev–Trinajstić information content (AvgIpc) is 3.02. The highest BCUT2D eigenvalue weighted by Gasteiger charge is 2.13. The molecule has 0 aliphatic heterocycles. The fraction of sp³-hybridized carbons (Fsp3) is 0.0625. The Kier molecular flexibility index (Phi) is 2.03. The lowest BCUT2D eigenvalue weighted by atomic mass is 10.1. The van der Waals surface area contributed by atoms with E-state index in [1.54, 1.807) is 0 Å². The van der Waals surface area contributed by atoms with Crippen molar-refractivity contribution in [2.24, 2.45) is 0 Å². The van der Waals surface area contributed by atoms with Gasteiger partial charge in [-0.1, -0.05) is 18.2 Å². The summed E-state index contributed by atoms with van der Waals surface area (Å²) in [6, 6.07) is 12.1. The largest absolute Gasteiger partial charge is 0.456 e. The van der Waals surface area contributed by atoms with Gasteiger partial charge >= 0.3 is 0 Å². The number of benzene rings is 1. The van der Waals surface area contributed by atoms with Gasteiger partial charge in [0.05, 0.1) is 0 Å². The molecule has 92 valence electrons. The summed E-state index contributed by atoms with van der Waals surface area (Å²) >= 11 is 0. The van der Waals surface area contributed by atoms with E-state index in [4.69, 9.17) is 4.42 Å². The van der Waals surface area contributed by atoms with Gasteiger partial charge < -0.3 is 9.40 Å². The summed E-state index contributed by atoms with van der Waals surface area (Å²) < 4.78 is 5.93. The molecular formula is C16H12N2O. The van der Waals surface area contributed by atoms with Crippen molar-refractivity contribution >= 4 is 22.0 Å². The van der Waals surface area contributed by atoms with Crippen molar-refractivity contribution < 1.29 is 4.42 Å². The second kappa shape index (κ2) is 3.72. The Bertz CT molecular complexity index is 853. The molecule has 3 heterocycles. The first kappa shape index (κ1) is 10.4. The van der Waals surface area contributed by atoms with Crippen molar-refractivity contribution in [2.75, 3.05) is 0 Å². The summed E-state index contributed by atoms with van der Waals surface area (Å²) in [6.45, 7) is 2.09. The summed E-state index contributed by atoms with van der Waals surface area (Å²) in [4.78, 5) is 7.55. The monoisotopic (exact) mass is 248 g/mol. The van der Waals surface area contributed by atoms with E-state index in [1.165, 1.54) is 5.56 Å². The molecule has 0 atom stereocenters. The average molecular weight is 248 g/mol. The molecule has 19 heavy (non-hydrogen) atoms. The van der Waals surface area contributed by atoms with Crippen LogP contribution in [0.15, 0.2) is 53.2 Å². The molecule has 0 radical (unpaired) electrons. The number of aromatic amines is 1. The second-order valence-electron chi connectivity index (χ2n) is 4.70. The lowest BCUT2D eigenvalue weighted by Crippen LogP contribution is -1.80. The Morgan fingerprint density at radius 3 is 2.95 bits per heavy atom. The molecule has 4 rings (SSSR count).